The Morgan fingerprint density at radius 2 is 1.71 bits per heavy atom. The van der Waals surface area contributed by atoms with Gasteiger partial charge in [-0.05, 0) is 49.2 Å². The molecule has 1 amide bonds. The first-order valence-electron chi connectivity index (χ1n) is 9.88. The number of nitrogens with one attached hydrogen (secondary N) is 1. The first-order chi connectivity index (χ1) is 13.7. The molecule has 148 valence electrons. The summed E-state index contributed by atoms with van der Waals surface area (Å²) < 4.78 is 16.6. The first kappa shape index (κ1) is 18.5. The fourth-order valence-corrected chi connectivity index (χ4v) is 3.69. The molecule has 0 atom stereocenters. The Morgan fingerprint density at radius 1 is 1.00 bits per heavy atom. The highest BCUT2D eigenvalue weighted by Gasteiger charge is 2.21. The molecule has 2 heterocycles. The third kappa shape index (κ3) is 4.01. The van der Waals surface area contributed by atoms with E-state index in [2.05, 4.69) is 22.3 Å². The van der Waals surface area contributed by atoms with E-state index >= 15 is 0 Å². The van der Waals surface area contributed by atoms with E-state index in [1.807, 2.05) is 12.1 Å². The van der Waals surface area contributed by atoms with Crippen LogP contribution in [0.2, 0.25) is 0 Å². The highest BCUT2D eigenvalue weighted by Crippen LogP contribution is 2.40. The molecule has 0 spiro atoms. The third-order valence-corrected chi connectivity index (χ3v) is 5.19. The summed E-state index contributed by atoms with van der Waals surface area (Å²) >= 11 is 0. The predicted octanol–water partition coefficient (Wildman–Crippen LogP) is 4.10. The normalized spacial score (nSPS) is 16.2. The molecule has 1 saturated heterocycles. The van der Waals surface area contributed by atoms with E-state index in [0.29, 0.717) is 36.0 Å². The zero-order valence-electron chi connectivity index (χ0n) is 16.2. The van der Waals surface area contributed by atoms with Crippen molar-refractivity contribution in [2.75, 3.05) is 43.6 Å². The monoisotopic (exact) mass is 382 g/mol. The van der Waals surface area contributed by atoms with Gasteiger partial charge < -0.3 is 24.4 Å². The van der Waals surface area contributed by atoms with Gasteiger partial charge in [0.15, 0.2) is 11.5 Å². The molecule has 0 unspecified atom stereocenters. The lowest BCUT2D eigenvalue weighted by molar-refractivity contribution is 0.102. The van der Waals surface area contributed by atoms with E-state index in [4.69, 9.17) is 14.2 Å². The molecule has 4 rings (SSSR count). The van der Waals surface area contributed by atoms with Gasteiger partial charge in [-0.2, -0.15) is 0 Å². The number of benzene rings is 2. The second-order valence-corrected chi connectivity index (χ2v) is 7.10. The number of methoxy groups -OCH3 is 1. The van der Waals surface area contributed by atoms with E-state index in [1.165, 1.54) is 31.4 Å². The number of anilines is 2. The summed E-state index contributed by atoms with van der Waals surface area (Å²) in [6.07, 6.45) is 5.10. The quantitative estimate of drug-likeness (QED) is 0.863. The van der Waals surface area contributed by atoms with E-state index in [9.17, 15) is 4.79 Å². The van der Waals surface area contributed by atoms with Gasteiger partial charge in [0.25, 0.3) is 5.91 Å². The molecular weight excluding hydrogens is 356 g/mol. The van der Waals surface area contributed by atoms with Crippen LogP contribution in [0.1, 0.15) is 36.0 Å². The maximum absolute atomic E-state index is 12.7. The summed E-state index contributed by atoms with van der Waals surface area (Å²) in [6, 6.07) is 11.4. The lowest BCUT2D eigenvalue weighted by Gasteiger charge is -2.23. The molecular formula is C22H26N2O4. The van der Waals surface area contributed by atoms with Crippen molar-refractivity contribution >= 4 is 17.3 Å². The van der Waals surface area contributed by atoms with Gasteiger partial charge in [0.1, 0.15) is 13.2 Å². The van der Waals surface area contributed by atoms with Gasteiger partial charge in [0, 0.05) is 30.0 Å². The van der Waals surface area contributed by atoms with Crippen LogP contribution in [0.15, 0.2) is 36.4 Å². The Hall–Kier alpha value is -2.89. The summed E-state index contributed by atoms with van der Waals surface area (Å²) in [7, 11) is 1.55. The minimum atomic E-state index is -0.210. The van der Waals surface area contributed by atoms with Gasteiger partial charge in [-0.1, -0.05) is 12.8 Å². The van der Waals surface area contributed by atoms with Crippen molar-refractivity contribution in [2.24, 2.45) is 0 Å². The summed E-state index contributed by atoms with van der Waals surface area (Å²) in [5.41, 5.74) is 2.44. The Balaban J connectivity index is 1.47. The molecule has 0 saturated carbocycles. The van der Waals surface area contributed by atoms with Crippen LogP contribution in [0.5, 0.6) is 17.2 Å². The molecule has 6 nitrogen and oxygen atoms in total. The van der Waals surface area contributed by atoms with Crippen LogP contribution in [-0.2, 0) is 0 Å². The van der Waals surface area contributed by atoms with Gasteiger partial charge in [-0.15, -0.1) is 0 Å². The van der Waals surface area contributed by atoms with Crippen LogP contribution in [0.25, 0.3) is 0 Å². The van der Waals surface area contributed by atoms with Gasteiger partial charge in [-0.3, -0.25) is 4.79 Å². The largest absolute Gasteiger partial charge is 0.493 e. The number of hydrogen-bond donors (Lipinski definition) is 1. The van der Waals surface area contributed by atoms with Crippen molar-refractivity contribution in [3.05, 3.63) is 42.0 Å². The maximum Gasteiger partial charge on any atom is 0.255 e. The third-order valence-electron chi connectivity index (χ3n) is 5.19. The van der Waals surface area contributed by atoms with Crippen molar-refractivity contribution in [1.82, 2.24) is 0 Å². The standard InChI is InChI=1S/C22H26N2O4/c1-26-19-14-16(15-20-21(19)28-13-12-27-20)22(25)23-17-6-8-18(9-7-17)24-10-4-2-3-5-11-24/h6-9,14-15H,2-5,10-13H2,1H3,(H,23,25). The Kier molecular flexibility index (Phi) is 5.55. The summed E-state index contributed by atoms with van der Waals surface area (Å²) in [4.78, 5) is 15.1. The highest BCUT2D eigenvalue weighted by atomic mass is 16.6. The van der Waals surface area contributed by atoms with E-state index in [1.54, 1.807) is 19.2 Å². The van der Waals surface area contributed by atoms with Gasteiger partial charge >= 0.3 is 0 Å². The lowest BCUT2D eigenvalue weighted by atomic mass is 10.1. The number of amides is 1. The lowest BCUT2D eigenvalue weighted by Crippen LogP contribution is -2.23. The molecule has 2 aliphatic heterocycles. The van der Waals surface area contributed by atoms with E-state index in [-0.39, 0.29) is 5.91 Å². The molecule has 6 heteroatoms. The number of carbonyl (C=O) groups is 1. The molecule has 2 aromatic carbocycles. The van der Waals surface area contributed by atoms with Crippen molar-refractivity contribution < 1.29 is 19.0 Å². The number of rotatable bonds is 4. The fraction of sp³-hybridized carbons (Fsp3) is 0.409. The van der Waals surface area contributed by atoms with Crippen LogP contribution >= 0.6 is 0 Å². The number of ether oxygens (including phenoxy) is 3. The molecule has 2 aromatic rings. The smallest absolute Gasteiger partial charge is 0.255 e. The Morgan fingerprint density at radius 3 is 2.43 bits per heavy atom. The average molecular weight is 382 g/mol. The van der Waals surface area contributed by atoms with Gasteiger partial charge in [-0.25, -0.2) is 0 Å². The Bertz CT molecular complexity index is 810. The molecule has 0 bridgehead atoms. The molecule has 0 aromatic heterocycles. The SMILES string of the molecule is COc1cc(C(=O)Nc2ccc(N3CCCCCC3)cc2)cc2c1OCCO2. The zero-order valence-corrected chi connectivity index (χ0v) is 16.2. The molecule has 1 fully saturated rings. The molecule has 1 N–H and O–H groups in total. The summed E-state index contributed by atoms with van der Waals surface area (Å²) in [5.74, 6) is 1.37. The van der Waals surface area contributed by atoms with Crippen LogP contribution in [-0.4, -0.2) is 39.3 Å². The second-order valence-electron chi connectivity index (χ2n) is 7.10. The van der Waals surface area contributed by atoms with Crippen LogP contribution in [0.4, 0.5) is 11.4 Å². The number of carbonyl (C=O) groups excluding carboxylic acids is 1. The predicted molar refractivity (Wildman–Crippen MR) is 109 cm³/mol. The molecule has 2 aliphatic rings. The Labute approximate surface area is 165 Å². The van der Waals surface area contributed by atoms with Crippen molar-refractivity contribution in [3.63, 3.8) is 0 Å². The van der Waals surface area contributed by atoms with E-state index < -0.39 is 0 Å². The highest BCUT2D eigenvalue weighted by molar-refractivity contribution is 6.05. The van der Waals surface area contributed by atoms with E-state index in [0.717, 1.165) is 18.8 Å². The molecule has 0 aliphatic carbocycles. The van der Waals surface area contributed by atoms with Crippen molar-refractivity contribution in [3.8, 4) is 17.2 Å². The van der Waals surface area contributed by atoms with Crippen molar-refractivity contribution in [1.29, 1.82) is 0 Å². The van der Waals surface area contributed by atoms with Crippen LogP contribution < -0.4 is 24.4 Å². The minimum absolute atomic E-state index is 0.210. The van der Waals surface area contributed by atoms with Gasteiger partial charge in [0.05, 0.1) is 7.11 Å². The zero-order chi connectivity index (χ0) is 19.3. The number of nitrogens with zero attached hydrogens (tertiary/aromatic N) is 1. The number of fused-ring (bicyclic) bond motifs is 1. The first-order valence-corrected chi connectivity index (χ1v) is 9.88. The molecule has 0 radical (unpaired) electrons. The second kappa shape index (κ2) is 8.42. The fourth-order valence-electron chi connectivity index (χ4n) is 3.69. The number of hydrogen-bond acceptors (Lipinski definition) is 5. The van der Waals surface area contributed by atoms with Gasteiger partial charge in [0.2, 0.25) is 5.75 Å². The summed E-state index contributed by atoms with van der Waals surface area (Å²) in [5, 5.41) is 2.95. The summed E-state index contributed by atoms with van der Waals surface area (Å²) in [6.45, 7) is 3.13. The average Bonchev–Trinajstić information content (AvgIpc) is 3.03. The van der Waals surface area contributed by atoms with Crippen molar-refractivity contribution in [2.45, 2.75) is 25.7 Å². The minimum Gasteiger partial charge on any atom is -0.493 e. The van der Waals surface area contributed by atoms with Crippen LogP contribution in [0.3, 0.4) is 0 Å². The maximum atomic E-state index is 12.7. The molecule has 28 heavy (non-hydrogen) atoms. The van der Waals surface area contributed by atoms with Crippen LogP contribution in [0, 0.1) is 0 Å². The topological polar surface area (TPSA) is 60.0 Å².